The third-order valence-electron chi connectivity index (χ3n) is 5.16. The number of carbonyl (C=O) groups is 1. The van der Waals surface area contributed by atoms with Gasteiger partial charge < -0.3 is 0 Å². The number of hydrogen-bond donors (Lipinski definition) is 0. The standard InChI is InChI=1S/C25H21N3O/c1-18-4-2-3-5-23(18)24(14-25(29)21-10-12-26-13-11-21)20-8-6-19(7-9-20)22-15-27-17-28-16-22/h2-13,15-17,24H,14H2,1H3. The molecule has 29 heavy (non-hydrogen) atoms. The molecule has 0 aliphatic carbocycles. The first-order valence-corrected chi connectivity index (χ1v) is 9.56. The third-order valence-corrected chi connectivity index (χ3v) is 5.16. The molecule has 0 aliphatic heterocycles. The Morgan fingerprint density at radius 3 is 2.21 bits per heavy atom. The van der Waals surface area contributed by atoms with Crippen LogP contribution in [0.1, 0.15) is 39.4 Å². The lowest BCUT2D eigenvalue weighted by Gasteiger charge is -2.20. The van der Waals surface area contributed by atoms with Crippen molar-refractivity contribution in [3.05, 3.63) is 114 Å². The maximum atomic E-state index is 13.0. The number of nitrogens with zero attached hydrogens (tertiary/aromatic N) is 3. The fraction of sp³-hybridized carbons (Fsp3) is 0.120. The molecule has 0 saturated heterocycles. The van der Waals surface area contributed by atoms with Crippen LogP contribution in [0, 0.1) is 6.92 Å². The first-order valence-electron chi connectivity index (χ1n) is 9.56. The Labute approximate surface area is 170 Å². The van der Waals surface area contributed by atoms with Gasteiger partial charge in [-0.1, -0.05) is 48.5 Å². The topological polar surface area (TPSA) is 55.7 Å². The molecule has 4 heteroatoms. The first kappa shape index (κ1) is 18.7. The second-order valence-electron chi connectivity index (χ2n) is 7.02. The smallest absolute Gasteiger partial charge is 0.163 e. The van der Waals surface area contributed by atoms with E-state index in [4.69, 9.17) is 0 Å². The van der Waals surface area contributed by atoms with Crippen LogP contribution in [0.2, 0.25) is 0 Å². The Balaban J connectivity index is 1.69. The lowest BCUT2D eigenvalue weighted by Crippen LogP contribution is -2.10. The number of rotatable bonds is 6. The average Bonchev–Trinajstić information content (AvgIpc) is 2.79. The zero-order valence-electron chi connectivity index (χ0n) is 16.2. The number of Topliss-reactive ketones (excluding diaryl/α,β-unsaturated/α-hetero) is 1. The van der Waals surface area contributed by atoms with Gasteiger partial charge in [0, 0.05) is 48.3 Å². The largest absolute Gasteiger partial charge is 0.294 e. The quantitative estimate of drug-likeness (QED) is 0.429. The van der Waals surface area contributed by atoms with Gasteiger partial charge in [-0.3, -0.25) is 9.78 Å². The predicted octanol–water partition coefficient (Wildman–Crippen LogP) is 5.25. The van der Waals surface area contributed by atoms with Crippen LogP contribution in [-0.2, 0) is 0 Å². The third kappa shape index (κ3) is 4.27. The normalized spacial score (nSPS) is 11.8. The molecular weight excluding hydrogens is 358 g/mol. The predicted molar refractivity (Wildman–Crippen MR) is 114 cm³/mol. The molecule has 4 nitrogen and oxygen atoms in total. The summed E-state index contributed by atoms with van der Waals surface area (Å²) in [6.45, 7) is 2.09. The van der Waals surface area contributed by atoms with Crippen LogP contribution >= 0.6 is 0 Å². The summed E-state index contributed by atoms with van der Waals surface area (Å²) in [5.41, 5.74) is 6.18. The second kappa shape index (κ2) is 8.57. The van der Waals surface area contributed by atoms with Crippen molar-refractivity contribution in [2.45, 2.75) is 19.3 Å². The minimum Gasteiger partial charge on any atom is -0.294 e. The molecule has 0 aliphatic rings. The van der Waals surface area contributed by atoms with Crippen molar-refractivity contribution < 1.29 is 4.79 Å². The zero-order valence-corrected chi connectivity index (χ0v) is 16.2. The monoisotopic (exact) mass is 379 g/mol. The molecule has 0 N–H and O–H groups in total. The van der Waals surface area contributed by atoms with Crippen molar-refractivity contribution >= 4 is 5.78 Å². The molecular formula is C25H21N3O. The molecule has 1 unspecified atom stereocenters. The SMILES string of the molecule is Cc1ccccc1C(CC(=O)c1ccncc1)c1ccc(-c2cncnc2)cc1. The van der Waals surface area contributed by atoms with Gasteiger partial charge in [0.1, 0.15) is 6.33 Å². The van der Waals surface area contributed by atoms with Crippen molar-refractivity contribution in [1.82, 2.24) is 15.0 Å². The van der Waals surface area contributed by atoms with E-state index in [-0.39, 0.29) is 11.7 Å². The van der Waals surface area contributed by atoms with Crippen molar-refractivity contribution in [1.29, 1.82) is 0 Å². The molecule has 1 atom stereocenters. The minimum atomic E-state index is -0.0158. The van der Waals surface area contributed by atoms with E-state index < -0.39 is 0 Å². The van der Waals surface area contributed by atoms with E-state index in [0.29, 0.717) is 12.0 Å². The number of pyridine rings is 1. The van der Waals surface area contributed by atoms with E-state index in [2.05, 4.69) is 58.3 Å². The summed E-state index contributed by atoms with van der Waals surface area (Å²) in [7, 11) is 0. The molecule has 2 heterocycles. The number of hydrogen-bond acceptors (Lipinski definition) is 4. The Morgan fingerprint density at radius 2 is 1.52 bits per heavy atom. The van der Waals surface area contributed by atoms with E-state index in [0.717, 1.165) is 16.7 Å². The van der Waals surface area contributed by atoms with E-state index >= 15 is 0 Å². The average molecular weight is 379 g/mol. The van der Waals surface area contributed by atoms with Gasteiger partial charge in [0.25, 0.3) is 0 Å². The molecule has 2 aromatic carbocycles. The van der Waals surface area contributed by atoms with Crippen LogP contribution in [0.3, 0.4) is 0 Å². The molecule has 0 saturated carbocycles. The summed E-state index contributed by atoms with van der Waals surface area (Å²) in [5, 5.41) is 0. The number of aromatic nitrogens is 3. The van der Waals surface area contributed by atoms with Crippen LogP contribution in [0.5, 0.6) is 0 Å². The maximum absolute atomic E-state index is 13.0. The van der Waals surface area contributed by atoms with Crippen molar-refractivity contribution in [2.24, 2.45) is 0 Å². The minimum absolute atomic E-state index is 0.0158. The van der Waals surface area contributed by atoms with E-state index in [1.807, 2.05) is 12.1 Å². The first-order chi connectivity index (χ1) is 14.2. The highest BCUT2D eigenvalue weighted by Crippen LogP contribution is 2.32. The molecule has 0 fully saturated rings. The fourth-order valence-corrected chi connectivity index (χ4v) is 3.58. The molecule has 2 aromatic heterocycles. The number of carbonyl (C=O) groups excluding carboxylic acids is 1. The maximum Gasteiger partial charge on any atom is 0.163 e. The Hall–Kier alpha value is -3.66. The summed E-state index contributed by atoms with van der Waals surface area (Å²) in [6, 6.07) is 20.1. The van der Waals surface area contributed by atoms with Crippen molar-refractivity contribution in [3.63, 3.8) is 0 Å². The Bertz CT molecular complexity index is 1090. The molecule has 142 valence electrons. The van der Waals surface area contributed by atoms with E-state index in [1.165, 1.54) is 17.5 Å². The van der Waals surface area contributed by atoms with Gasteiger partial charge in [0.05, 0.1) is 0 Å². The summed E-state index contributed by atoms with van der Waals surface area (Å²) in [5.74, 6) is 0.0964. The van der Waals surface area contributed by atoms with Crippen molar-refractivity contribution in [3.8, 4) is 11.1 Å². The van der Waals surface area contributed by atoms with Crippen LogP contribution < -0.4 is 0 Å². The second-order valence-corrected chi connectivity index (χ2v) is 7.02. The molecule has 0 radical (unpaired) electrons. The van der Waals surface area contributed by atoms with Gasteiger partial charge in [-0.05, 0) is 41.3 Å². The summed E-state index contributed by atoms with van der Waals surface area (Å²) >= 11 is 0. The van der Waals surface area contributed by atoms with Gasteiger partial charge in [0.15, 0.2) is 5.78 Å². The van der Waals surface area contributed by atoms with Crippen LogP contribution in [0.25, 0.3) is 11.1 Å². The van der Waals surface area contributed by atoms with Crippen molar-refractivity contribution in [2.75, 3.05) is 0 Å². The van der Waals surface area contributed by atoms with Crippen LogP contribution in [0.15, 0.2) is 91.8 Å². The summed E-state index contributed by atoms with van der Waals surface area (Å²) in [6.07, 6.45) is 8.85. The Kier molecular flexibility index (Phi) is 5.52. The number of aryl methyl sites for hydroxylation is 1. The Morgan fingerprint density at radius 1 is 0.828 bits per heavy atom. The van der Waals surface area contributed by atoms with Gasteiger partial charge in [-0.2, -0.15) is 0 Å². The lowest BCUT2D eigenvalue weighted by molar-refractivity contribution is 0.0977. The molecule has 4 rings (SSSR count). The van der Waals surface area contributed by atoms with Crippen LogP contribution in [0.4, 0.5) is 0 Å². The number of benzene rings is 2. The molecule has 0 bridgehead atoms. The summed E-state index contributed by atoms with van der Waals surface area (Å²) in [4.78, 5) is 25.2. The number of ketones is 1. The zero-order chi connectivity index (χ0) is 20.1. The van der Waals surface area contributed by atoms with Crippen LogP contribution in [-0.4, -0.2) is 20.7 Å². The van der Waals surface area contributed by atoms with E-state index in [9.17, 15) is 4.79 Å². The van der Waals surface area contributed by atoms with Gasteiger partial charge in [-0.25, -0.2) is 9.97 Å². The van der Waals surface area contributed by atoms with Gasteiger partial charge in [0.2, 0.25) is 0 Å². The highest BCUT2D eigenvalue weighted by molar-refractivity contribution is 5.96. The highest BCUT2D eigenvalue weighted by Gasteiger charge is 2.21. The van der Waals surface area contributed by atoms with E-state index in [1.54, 1.807) is 36.9 Å². The molecule has 0 amide bonds. The fourth-order valence-electron chi connectivity index (χ4n) is 3.58. The highest BCUT2D eigenvalue weighted by atomic mass is 16.1. The van der Waals surface area contributed by atoms with Gasteiger partial charge >= 0.3 is 0 Å². The molecule has 4 aromatic rings. The summed E-state index contributed by atoms with van der Waals surface area (Å²) < 4.78 is 0. The molecule has 0 spiro atoms. The van der Waals surface area contributed by atoms with Gasteiger partial charge in [-0.15, -0.1) is 0 Å². The lowest BCUT2D eigenvalue weighted by atomic mass is 9.83.